The SMILES string of the molecule is Cc1cccc(COc2ccccc2/C=C2/SC(=S)N(NC(=O)C34CC5CC(CC(C5)C3)C4)C2=O)c1. The Morgan fingerprint density at radius 2 is 1.81 bits per heavy atom. The molecule has 36 heavy (non-hydrogen) atoms. The van der Waals surface area contributed by atoms with Crippen molar-refractivity contribution in [1.29, 1.82) is 0 Å². The molecule has 2 aromatic rings. The highest BCUT2D eigenvalue weighted by Crippen LogP contribution is 2.60. The Morgan fingerprint density at radius 1 is 1.11 bits per heavy atom. The van der Waals surface area contributed by atoms with Crippen LogP contribution < -0.4 is 10.2 Å². The van der Waals surface area contributed by atoms with E-state index in [1.54, 1.807) is 0 Å². The largest absolute Gasteiger partial charge is 0.488 e. The van der Waals surface area contributed by atoms with Gasteiger partial charge in [-0.2, -0.15) is 5.01 Å². The first-order valence-electron chi connectivity index (χ1n) is 12.7. The molecule has 0 atom stereocenters. The van der Waals surface area contributed by atoms with Crippen molar-refractivity contribution >= 4 is 46.2 Å². The third-order valence-corrected chi connectivity index (χ3v) is 9.51. The maximum atomic E-state index is 13.5. The molecule has 0 radical (unpaired) electrons. The molecule has 1 heterocycles. The number of hydrogen-bond acceptors (Lipinski definition) is 5. The van der Waals surface area contributed by atoms with E-state index in [1.807, 2.05) is 42.5 Å². The fourth-order valence-electron chi connectivity index (χ4n) is 7.01. The molecule has 0 unspecified atom stereocenters. The lowest BCUT2D eigenvalue weighted by atomic mass is 9.49. The van der Waals surface area contributed by atoms with Gasteiger partial charge in [0.25, 0.3) is 5.91 Å². The summed E-state index contributed by atoms with van der Waals surface area (Å²) in [6, 6.07) is 15.9. The van der Waals surface area contributed by atoms with Crippen LogP contribution in [-0.2, 0) is 16.2 Å². The fraction of sp³-hybridized carbons (Fsp3) is 0.414. The number of hydrazine groups is 1. The second-order valence-corrected chi connectivity index (χ2v) is 12.6. The molecular weight excluding hydrogens is 488 g/mol. The number of nitrogens with zero attached hydrogens (tertiary/aromatic N) is 1. The number of para-hydroxylation sites is 1. The molecule has 0 aromatic heterocycles. The Morgan fingerprint density at radius 3 is 2.50 bits per heavy atom. The van der Waals surface area contributed by atoms with Crippen LogP contribution in [0.25, 0.3) is 6.08 Å². The lowest BCUT2D eigenvalue weighted by Crippen LogP contribution is -2.57. The van der Waals surface area contributed by atoms with Crippen molar-refractivity contribution < 1.29 is 14.3 Å². The Bertz CT molecular complexity index is 1240. The number of carbonyl (C=O) groups excluding carboxylic acids is 2. The molecule has 7 heteroatoms. The molecule has 5 aliphatic rings. The zero-order valence-corrected chi connectivity index (χ0v) is 22.0. The van der Waals surface area contributed by atoms with Crippen LogP contribution in [0.5, 0.6) is 5.75 Å². The Hall–Kier alpha value is -2.64. The van der Waals surface area contributed by atoms with E-state index in [0.717, 1.165) is 30.4 Å². The Kier molecular flexibility index (Phi) is 6.16. The number of carbonyl (C=O) groups is 2. The van der Waals surface area contributed by atoms with Gasteiger partial charge >= 0.3 is 0 Å². The van der Waals surface area contributed by atoms with E-state index in [0.29, 0.717) is 39.3 Å². The average molecular weight is 519 g/mol. The molecule has 186 valence electrons. The number of hydrogen-bond donors (Lipinski definition) is 1. The minimum atomic E-state index is -0.335. The first-order valence-corrected chi connectivity index (χ1v) is 14.0. The summed E-state index contributed by atoms with van der Waals surface area (Å²) in [5.74, 6) is 2.36. The molecule has 2 amide bonds. The van der Waals surface area contributed by atoms with Gasteiger partial charge in [0.15, 0.2) is 4.32 Å². The van der Waals surface area contributed by atoms with Gasteiger partial charge < -0.3 is 4.74 Å². The second-order valence-electron chi connectivity index (χ2n) is 11.0. The smallest absolute Gasteiger partial charge is 0.285 e. The molecule has 1 N–H and O–H groups in total. The molecule has 0 spiro atoms. The molecule has 2 aromatic carbocycles. The molecule has 7 rings (SSSR count). The number of ether oxygens (including phenoxy) is 1. The quantitative estimate of drug-likeness (QED) is 0.374. The zero-order valence-electron chi connectivity index (χ0n) is 20.4. The topological polar surface area (TPSA) is 58.6 Å². The standard InChI is InChI=1S/C29H30N2O3S2/c1-18-5-4-6-19(9-18)17-34-24-8-3-2-7-23(24)13-25-26(32)31(28(35)36-25)30-27(33)29-14-20-10-21(15-29)12-22(11-20)16-29/h2-9,13,20-22H,10-12,14-17H2,1H3,(H,30,33)/b25-13+. The number of amides is 2. The number of aryl methyl sites for hydroxylation is 1. The van der Waals surface area contributed by atoms with Crippen molar-refractivity contribution in [1.82, 2.24) is 10.4 Å². The highest BCUT2D eigenvalue weighted by atomic mass is 32.2. The van der Waals surface area contributed by atoms with E-state index in [4.69, 9.17) is 17.0 Å². The third-order valence-electron chi connectivity index (χ3n) is 8.21. The number of thioether (sulfide) groups is 1. The van der Waals surface area contributed by atoms with Crippen molar-refractivity contribution in [3.8, 4) is 5.75 Å². The number of benzene rings is 2. The molecule has 4 bridgehead atoms. The summed E-state index contributed by atoms with van der Waals surface area (Å²) in [5, 5.41) is 1.28. The number of thiocarbonyl (C=S) groups is 1. The fourth-order valence-corrected chi connectivity index (χ4v) is 8.18. The first kappa shape index (κ1) is 23.7. The predicted octanol–water partition coefficient (Wildman–Crippen LogP) is 6.02. The van der Waals surface area contributed by atoms with Crippen LogP contribution in [0.1, 0.15) is 55.2 Å². The van der Waals surface area contributed by atoms with Crippen LogP contribution in [0.2, 0.25) is 0 Å². The summed E-state index contributed by atoms with van der Waals surface area (Å²) in [6.45, 7) is 2.50. The maximum Gasteiger partial charge on any atom is 0.285 e. The second kappa shape index (κ2) is 9.34. The molecule has 4 aliphatic carbocycles. The zero-order chi connectivity index (χ0) is 24.9. The van der Waals surface area contributed by atoms with E-state index >= 15 is 0 Å². The summed E-state index contributed by atoms with van der Waals surface area (Å²) in [7, 11) is 0. The monoisotopic (exact) mass is 518 g/mol. The number of nitrogens with one attached hydrogen (secondary N) is 1. The average Bonchev–Trinajstić information content (AvgIpc) is 3.10. The van der Waals surface area contributed by atoms with Gasteiger partial charge in [0.2, 0.25) is 5.91 Å². The lowest BCUT2D eigenvalue weighted by molar-refractivity contribution is -0.152. The highest BCUT2D eigenvalue weighted by Gasteiger charge is 2.55. The molecule has 5 fully saturated rings. The van der Waals surface area contributed by atoms with Crippen LogP contribution >= 0.6 is 24.0 Å². The van der Waals surface area contributed by atoms with Gasteiger partial charge in [0.1, 0.15) is 12.4 Å². The normalized spacial score (nSPS) is 29.8. The molecule has 5 nitrogen and oxygen atoms in total. The van der Waals surface area contributed by atoms with Crippen LogP contribution in [0, 0.1) is 30.1 Å². The molecule has 1 aliphatic heterocycles. The summed E-state index contributed by atoms with van der Waals surface area (Å²) in [4.78, 5) is 27.3. The lowest BCUT2D eigenvalue weighted by Gasteiger charge is -2.55. The Labute approximate surface area is 221 Å². The van der Waals surface area contributed by atoms with E-state index in [-0.39, 0.29) is 17.2 Å². The van der Waals surface area contributed by atoms with Gasteiger partial charge in [0, 0.05) is 5.56 Å². The van der Waals surface area contributed by atoms with Gasteiger partial charge in [0.05, 0.1) is 10.3 Å². The predicted molar refractivity (Wildman–Crippen MR) is 146 cm³/mol. The van der Waals surface area contributed by atoms with Crippen molar-refractivity contribution in [2.24, 2.45) is 23.2 Å². The minimum Gasteiger partial charge on any atom is -0.488 e. The van der Waals surface area contributed by atoms with Crippen LogP contribution in [0.3, 0.4) is 0 Å². The van der Waals surface area contributed by atoms with E-state index in [1.165, 1.54) is 41.6 Å². The van der Waals surface area contributed by atoms with Crippen molar-refractivity contribution in [3.05, 3.63) is 70.1 Å². The van der Waals surface area contributed by atoms with Crippen molar-refractivity contribution in [2.75, 3.05) is 0 Å². The summed E-state index contributed by atoms with van der Waals surface area (Å²) >= 11 is 6.73. The minimum absolute atomic E-state index is 0.0268. The van der Waals surface area contributed by atoms with Crippen LogP contribution in [0.15, 0.2) is 53.4 Å². The van der Waals surface area contributed by atoms with Gasteiger partial charge in [-0.3, -0.25) is 15.0 Å². The third kappa shape index (κ3) is 4.48. The summed E-state index contributed by atoms with van der Waals surface area (Å²) in [5.41, 5.74) is 5.67. The van der Waals surface area contributed by atoms with E-state index in [9.17, 15) is 9.59 Å². The first-order chi connectivity index (χ1) is 17.4. The Balaban J connectivity index is 1.17. The van der Waals surface area contributed by atoms with Gasteiger partial charge in [-0.15, -0.1) is 0 Å². The maximum absolute atomic E-state index is 13.5. The highest BCUT2D eigenvalue weighted by molar-refractivity contribution is 8.26. The summed E-state index contributed by atoms with van der Waals surface area (Å²) < 4.78 is 6.46. The molecule has 1 saturated heterocycles. The van der Waals surface area contributed by atoms with Gasteiger partial charge in [-0.05, 0) is 93.1 Å². The number of rotatable bonds is 6. The van der Waals surface area contributed by atoms with E-state index in [2.05, 4.69) is 24.5 Å². The van der Waals surface area contributed by atoms with Crippen LogP contribution in [-0.4, -0.2) is 21.1 Å². The van der Waals surface area contributed by atoms with Gasteiger partial charge in [-0.25, -0.2) is 0 Å². The summed E-state index contributed by atoms with van der Waals surface area (Å²) in [6.07, 6.45) is 8.44. The molecule has 4 saturated carbocycles. The van der Waals surface area contributed by atoms with Gasteiger partial charge in [-0.1, -0.05) is 59.8 Å². The van der Waals surface area contributed by atoms with Crippen molar-refractivity contribution in [2.45, 2.75) is 52.1 Å². The van der Waals surface area contributed by atoms with E-state index < -0.39 is 0 Å². The van der Waals surface area contributed by atoms with Crippen LogP contribution in [0.4, 0.5) is 0 Å². The van der Waals surface area contributed by atoms with Crippen molar-refractivity contribution in [3.63, 3.8) is 0 Å². The molecular formula is C29H30N2O3S2.